The molecule has 188 valence electrons. The number of nitrogens with one attached hydrogen (secondary N) is 1. The number of piperidine rings is 1. The Hall–Kier alpha value is -2.91. The molecule has 4 rings (SSSR count). The van der Waals surface area contributed by atoms with Gasteiger partial charge in [-0.15, -0.1) is 0 Å². The molecule has 35 heavy (non-hydrogen) atoms. The number of nitrogens with zero attached hydrogens (tertiary/aromatic N) is 2. The molecule has 9 heteroatoms. The van der Waals surface area contributed by atoms with Crippen molar-refractivity contribution in [3.63, 3.8) is 0 Å². The van der Waals surface area contributed by atoms with Crippen LogP contribution in [0.25, 0.3) is 0 Å². The zero-order chi connectivity index (χ0) is 25.2. The zero-order valence-electron chi connectivity index (χ0n) is 20.4. The van der Waals surface area contributed by atoms with Crippen LogP contribution in [0.2, 0.25) is 0 Å². The first-order chi connectivity index (χ1) is 16.5. The molecule has 0 saturated carbocycles. The molecule has 2 atom stereocenters. The van der Waals surface area contributed by atoms with Crippen LogP contribution >= 0.6 is 0 Å². The summed E-state index contributed by atoms with van der Waals surface area (Å²) >= 11 is 0. The van der Waals surface area contributed by atoms with Gasteiger partial charge < -0.3 is 15.0 Å². The predicted molar refractivity (Wildman–Crippen MR) is 132 cm³/mol. The highest BCUT2D eigenvalue weighted by Gasteiger charge is 2.41. The Morgan fingerprint density at radius 1 is 0.914 bits per heavy atom. The van der Waals surface area contributed by atoms with Crippen LogP contribution < -0.4 is 5.32 Å². The number of hydrogen-bond donors (Lipinski definition) is 1. The monoisotopic (exact) mass is 499 g/mol. The van der Waals surface area contributed by atoms with Crippen LogP contribution in [0.15, 0.2) is 65.6 Å². The van der Waals surface area contributed by atoms with Gasteiger partial charge in [0.05, 0.1) is 22.9 Å². The molecule has 2 heterocycles. The van der Waals surface area contributed by atoms with Crippen molar-refractivity contribution in [2.75, 3.05) is 19.6 Å². The van der Waals surface area contributed by atoms with E-state index in [1.165, 1.54) is 4.31 Å². The lowest BCUT2D eigenvalue weighted by Crippen LogP contribution is -2.62. The number of carbonyl (C=O) groups excluding carboxylic acids is 2. The predicted octanol–water partition coefficient (Wildman–Crippen LogP) is 3.56. The fraction of sp³-hybridized carbons (Fsp3) is 0.462. The van der Waals surface area contributed by atoms with Crippen molar-refractivity contribution < 1.29 is 22.7 Å². The van der Waals surface area contributed by atoms with Crippen molar-refractivity contribution >= 4 is 22.0 Å². The summed E-state index contributed by atoms with van der Waals surface area (Å²) in [5.74, 6) is -0.650. The summed E-state index contributed by atoms with van der Waals surface area (Å²) in [5, 5.41) is 2.99. The van der Waals surface area contributed by atoms with Crippen LogP contribution in [0.4, 0.5) is 4.79 Å². The topological polar surface area (TPSA) is 96.0 Å². The smallest absolute Gasteiger partial charge is 0.410 e. The Labute approximate surface area is 207 Å². The van der Waals surface area contributed by atoms with E-state index in [1.807, 2.05) is 51.1 Å². The largest absolute Gasteiger partial charge is 0.444 e. The normalized spacial score (nSPS) is 21.7. The molecule has 0 spiro atoms. The molecule has 2 aliphatic heterocycles. The van der Waals surface area contributed by atoms with E-state index in [2.05, 4.69) is 5.32 Å². The van der Waals surface area contributed by atoms with Gasteiger partial charge in [-0.05, 0) is 51.3 Å². The summed E-state index contributed by atoms with van der Waals surface area (Å²) in [6.45, 7) is 6.30. The standard InChI is InChI=1S/C26H33N3O5S/c1-26(2,3)34-25(31)28-17-21(18-28)27-24(30)20-14-15-23(19-10-6-4-7-11-19)29(16-20)35(32,33)22-12-8-5-9-13-22/h4-13,20-21,23H,14-18H2,1-3H3,(H,27,30). The molecule has 2 fully saturated rings. The lowest BCUT2D eigenvalue weighted by molar-refractivity contribution is -0.128. The highest BCUT2D eigenvalue weighted by atomic mass is 32.2. The minimum absolute atomic E-state index is 0.102. The van der Waals surface area contributed by atoms with E-state index in [0.717, 1.165) is 5.56 Å². The molecule has 0 aromatic heterocycles. The molecule has 1 N–H and O–H groups in total. The molecule has 2 aromatic carbocycles. The number of rotatable bonds is 5. The average Bonchev–Trinajstić information content (AvgIpc) is 2.80. The summed E-state index contributed by atoms with van der Waals surface area (Å²) in [4.78, 5) is 27.0. The molecule has 0 radical (unpaired) electrons. The molecule has 8 nitrogen and oxygen atoms in total. The van der Waals surface area contributed by atoms with Crippen molar-refractivity contribution in [1.29, 1.82) is 0 Å². The van der Waals surface area contributed by atoms with Gasteiger partial charge in [-0.2, -0.15) is 4.31 Å². The van der Waals surface area contributed by atoms with E-state index >= 15 is 0 Å². The summed E-state index contributed by atoms with van der Waals surface area (Å²) in [5.41, 5.74) is 0.342. The summed E-state index contributed by atoms with van der Waals surface area (Å²) in [7, 11) is -3.80. The number of hydrogen-bond acceptors (Lipinski definition) is 5. The second-order valence-electron chi connectivity index (χ2n) is 10.2. The van der Waals surface area contributed by atoms with E-state index in [0.29, 0.717) is 25.9 Å². The van der Waals surface area contributed by atoms with Gasteiger partial charge in [0.15, 0.2) is 0 Å². The first-order valence-electron chi connectivity index (χ1n) is 11.9. The van der Waals surface area contributed by atoms with Crippen LogP contribution in [0.5, 0.6) is 0 Å². The Bertz CT molecular complexity index is 1140. The lowest BCUT2D eigenvalue weighted by Gasteiger charge is -2.42. The van der Waals surface area contributed by atoms with Gasteiger partial charge >= 0.3 is 6.09 Å². The van der Waals surface area contributed by atoms with Gasteiger partial charge in [-0.1, -0.05) is 48.5 Å². The molecule has 0 bridgehead atoms. The molecule has 2 aromatic rings. The first-order valence-corrected chi connectivity index (χ1v) is 13.4. The molecule has 2 aliphatic rings. The Balaban J connectivity index is 1.44. The second-order valence-corrected chi connectivity index (χ2v) is 12.1. The Morgan fingerprint density at radius 2 is 1.51 bits per heavy atom. The third-order valence-electron chi connectivity index (χ3n) is 6.32. The molecule has 0 aliphatic carbocycles. The van der Waals surface area contributed by atoms with E-state index in [1.54, 1.807) is 35.2 Å². The second kappa shape index (κ2) is 9.99. The SMILES string of the molecule is CC(C)(C)OC(=O)N1CC(NC(=O)C2CCC(c3ccccc3)N(S(=O)(=O)c3ccccc3)C2)C1. The number of carbonyl (C=O) groups is 2. The fourth-order valence-corrected chi connectivity index (χ4v) is 6.23. The summed E-state index contributed by atoms with van der Waals surface area (Å²) in [6.07, 6.45) is 0.726. The van der Waals surface area contributed by atoms with Crippen molar-refractivity contribution in [3.05, 3.63) is 66.2 Å². The molecule has 2 saturated heterocycles. The van der Waals surface area contributed by atoms with E-state index < -0.39 is 27.6 Å². The van der Waals surface area contributed by atoms with Crippen molar-refractivity contribution in [1.82, 2.24) is 14.5 Å². The number of sulfonamides is 1. The Morgan fingerprint density at radius 3 is 2.11 bits per heavy atom. The highest BCUT2D eigenvalue weighted by molar-refractivity contribution is 7.89. The van der Waals surface area contributed by atoms with Gasteiger partial charge in [0, 0.05) is 19.6 Å². The lowest BCUT2D eigenvalue weighted by atomic mass is 9.90. The fourth-order valence-electron chi connectivity index (χ4n) is 4.52. The van der Waals surface area contributed by atoms with Gasteiger partial charge in [-0.25, -0.2) is 13.2 Å². The van der Waals surface area contributed by atoms with E-state index in [9.17, 15) is 18.0 Å². The number of ether oxygens (including phenoxy) is 1. The molecular weight excluding hydrogens is 466 g/mol. The van der Waals surface area contributed by atoms with Crippen molar-refractivity contribution in [2.45, 2.75) is 56.2 Å². The van der Waals surface area contributed by atoms with Gasteiger partial charge in [0.1, 0.15) is 5.60 Å². The third-order valence-corrected chi connectivity index (χ3v) is 8.21. The molecule has 2 unspecified atom stereocenters. The quantitative estimate of drug-likeness (QED) is 0.679. The maximum Gasteiger partial charge on any atom is 0.410 e. The maximum absolute atomic E-state index is 13.6. The minimum Gasteiger partial charge on any atom is -0.444 e. The van der Waals surface area contributed by atoms with Gasteiger partial charge in [0.2, 0.25) is 15.9 Å². The number of likely N-dealkylation sites (tertiary alicyclic amines) is 1. The van der Waals surface area contributed by atoms with Crippen molar-refractivity contribution in [2.24, 2.45) is 5.92 Å². The van der Waals surface area contributed by atoms with Gasteiger partial charge in [-0.3, -0.25) is 4.79 Å². The van der Waals surface area contributed by atoms with Crippen LogP contribution in [0.1, 0.15) is 45.2 Å². The zero-order valence-corrected chi connectivity index (χ0v) is 21.2. The summed E-state index contributed by atoms with van der Waals surface area (Å²) < 4.78 is 34.0. The third kappa shape index (κ3) is 5.85. The number of amides is 2. The van der Waals surface area contributed by atoms with Gasteiger partial charge in [0.25, 0.3) is 0 Å². The van der Waals surface area contributed by atoms with E-state index in [-0.39, 0.29) is 29.4 Å². The minimum atomic E-state index is -3.80. The van der Waals surface area contributed by atoms with Crippen LogP contribution in [-0.2, 0) is 19.6 Å². The number of benzene rings is 2. The maximum atomic E-state index is 13.6. The van der Waals surface area contributed by atoms with E-state index in [4.69, 9.17) is 4.74 Å². The summed E-state index contributed by atoms with van der Waals surface area (Å²) in [6, 6.07) is 17.4. The van der Waals surface area contributed by atoms with Crippen LogP contribution in [-0.4, -0.2) is 60.9 Å². The van der Waals surface area contributed by atoms with Crippen molar-refractivity contribution in [3.8, 4) is 0 Å². The molecular formula is C26H33N3O5S. The first kappa shape index (κ1) is 25.2. The van der Waals surface area contributed by atoms with Crippen LogP contribution in [0.3, 0.4) is 0 Å². The van der Waals surface area contributed by atoms with Crippen LogP contribution in [0, 0.1) is 5.92 Å². The highest BCUT2D eigenvalue weighted by Crippen LogP contribution is 2.37. The molecule has 2 amide bonds. The Kier molecular flexibility index (Phi) is 7.19. The average molecular weight is 500 g/mol.